The molecule has 3 heteroatoms. The molecule has 0 spiro atoms. The number of benzene rings is 1. The van der Waals surface area contributed by atoms with Gasteiger partial charge in [-0.3, -0.25) is 0 Å². The van der Waals surface area contributed by atoms with E-state index in [0.717, 1.165) is 13.1 Å². The Morgan fingerprint density at radius 3 is 2.70 bits per heavy atom. The van der Waals surface area contributed by atoms with Crippen LogP contribution in [0.1, 0.15) is 29.9 Å². The highest BCUT2D eigenvalue weighted by Crippen LogP contribution is 2.39. The number of hydrogen-bond donors (Lipinski definition) is 1. The summed E-state index contributed by atoms with van der Waals surface area (Å²) in [5.41, 5.74) is 5.44. The van der Waals surface area contributed by atoms with Gasteiger partial charge in [0, 0.05) is 11.4 Å². The molecule has 0 radical (unpaired) electrons. The first-order chi connectivity index (χ1) is 9.47. The smallest absolute Gasteiger partial charge is 0.0613 e. The molecule has 0 bridgehead atoms. The van der Waals surface area contributed by atoms with E-state index in [-0.39, 0.29) is 5.54 Å². The molecular formula is C17H22N2S. The summed E-state index contributed by atoms with van der Waals surface area (Å²) in [4.78, 5) is 3.96. The van der Waals surface area contributed by atoms with Crippen LogP contribution >= 0.6 is 11.3 Å². The number of thiophene rings is 1. The van der Waals surface area contributed by atoms with Gasteiger partial charge in [-0.2, -0.15) is 0 Å². The van der Waals surface area contributed by atoms with E-state index in [1.807, 2.05) is 11.3 Å². The molecule has 0 fully saturated rings. The SMILES string of the molecule is Cc1cc2c(cc1C)N(Cc1cccs1)C(C)(C)CN2. The molecule has 2 nitrogen and oxygen atoms in total. The average molecular weight is 286 g/mol. The number of nitrogens with zero attached hydrogens (tertiary/aromatic N) is 1. The molecule has 1 aliphatic rings. The lowest BCUT2D eigenvalue weighted by atomic mass is 9.95. The molecule has 0 unspecified atom stereocenters. The van der Waals surface area contributed by atoms with Crippen molar-refractivity contribution in [2.75, 3.05) is 16.8 Å². The number of rotatable bonds is 2. The van der Waals surface area contributed by atoms with Gasteiger partial charge in [-0.05, 0) is 62.4 Å². The third-order valence-corrected chi connectivity index (χ3v) is 5.10. The quantitative estimate of drug-likeness (QED) is 0.869. The highest BCUT2D eigenvalue weighted by atomic mass is 32.1. The summed E-state index contributed by atoms with van der Waals surface area (Å²) in [6.45, 7) is 11.0. The maximum Gasteiger partial charge on any atom is 0.0613 e. The molecular weight excluding hydrogens is 264 g/mol. The van der Waals surface area contributed by atoms with E-state index in [9.17, 15) is 0 Å². The van der Waals surface area contributed by atoms with Crippen LogP contribution in [0.3, 0.4) is 0 Å². The van der Waals surface area contributed by atoms with Crippen LogP contribution in [0.5, 0.6) is 0 Å². The standard InChI is InChI=1S/C17H22N2S/c1-12-8-15-16(9-13(12)2)19(17(3,4)11-18-15)10-14-6-5-7-20-14/h5-9,18H,10-11H2,1-4H3. The van der Waals surface area contributed by atoms with Crippen LogP contribution < -0.4 is 10.2 Å². The Kier molecular flexibility index (Phi) is 3.25. The summed E-state index contributed by atoms with van der Waals surface area (Å²) < 4.78 is 0. The van der Waals surface area contributed by atoms with Gasteiger partial charge in [0.1, 0.15) is 0 Å². The van der Waals surface area contributed by atoms with Crippen LogP contribution in [-0.2, 0) is 6.54 Å². The van der Waals surface area contributed by atoms with E-state index in [1.54, 1.807) is 0 Å². The first-order valence-corrected chi connectivity index (χ1v) is 8.00. The zero-order valence-corrected chi connectivity index (χ0v) is 13.5. The number of hydrogen-bond acceptors (Lipinski definition) is 3. The predicted molar refractivity (Wildman–Crippen MR) is 89.0 cm³/mol. The molecule has 0 saturated heterocycles. The van der Waals surface area contributed by atoms with Crippen molar-refractivity contribution in [3.8, 4) is 0 Å². The first kappa shape index (κ1) is 13.5. The van der Waals surface area contributed by atoms with Crippen molar-refractivity contribution in [1.82, 2.24) is 0 Å². The number of anilines is 2. The molecule has 1 aromatic heterocycles. The van der Waals surface area contributed by atoms with Gasteiger partial charge in [0.15, 0.2) is 0 Å². The second-order valence-corrected chi connectivity index (χ2v) is 7.32. The maximum atomic E-state index is 3.59. The lowest BCUT2D eigenvalue weighted by molar-refractivity contribution is 0.471. The molecule has 2 heterocycles. The predicted octanol–water partition coefficient (Wildman–Crippen LogP) is 4.58. The topological polar surface area (TPSA) is 15.3 Å². The van der Waals surface area contributed by atoms with Crippen LogP contribution in [0.25, 0.3) is 0 Å². The normalized spacial score (nSPS) is 16.7. The zero-order valence-electron chi connectivity index (χ0n) is 12.7. The van der Waals surface area contributed by atoms with E-state index in [0.29, 0.717) is 0 Å². The molecule has 3 rings (SSSR count). The van der Waals surface area contributed by atoms with Gasteiger partial charge in [0.25, 0.3) is 0 Å². The lowest BCUT2D eigenvalue weighted by Gasteiger charge is -2.45. The van der Waals surface area contributed by atoms with Gasteiger partial charge in [-0.1, -0.05) is 6.07 Å². The monoisotopic (exact) mass is 286 g/mol. The molecule has 0 atom stereocenters. The molecule has 1 aliphatic heterocycles. The van der Waals surface area contributed by atoms with Crippen LogP contribution in [0.2, 0.25) is 0 Å². The van der Waals surface area contributed by atoms with E-state index >= 15 is 0 Å². The molecule has 0 saturated carbocycles. The summed E-state index contributed by atoms with van der Waals surface area (Å²) in [6, 6.07) is 8.97. The van der Waals surface area contributed by atoms with Crippen LogP contribution in [0.4, 0.5) is 11.4 Å². The highest BCUT2D eigenvalue weighted by molar-refractivity contribution is 7.09. The van der Waals surface area contributed by atoms with Gasteiger partial charge >= 0.3 is 0 Å². The highest BCUT2D eigenvalue weighted by Gasteiger charge is 2.33. The summed E-state index contributed by atoms with van der Waals surface area (Å²) in [7, 11) is 0. The van der Waals surface area contributed by atoms with Crippen molar-refractivity contribution in [3.63, 3.8) is 0 Å². The van der Waals surface area contributed by atoms with Crippen LogP contribution in [0.15, 0.2) is 29.6 Å². The van der Waals surface area contributed by atoms with E-state index in [2.05, 4.69) is 67.6 Å². The minimum Gasteiger partial charge on any atom is -0.381 e. The second-order valence-electron chi connectivity index (χ2n) is 6.29. The average Bonchev–Trinajstić information content (AvgIpc) is 2.89. The number of aryl methyl sites for hydroxylation is 2. The fourth-order valence-corrected chi connectivity index (χ4v) is 3.45. The lowest BCUT2D eigenvalue weighted by Crippen LogP contribution is -2.51. The summed E-state index contributed by atoms with van der Waals surface area (Å²) in [5.74, 6) is 0. The van der Waals surface area contributed by atoms with Gasteiger partial charge in [-0.25, -0.2) is 0 Å². The van der Waals surface area contributed by atoms with Gasteiger partial charge in [-0.15, -0.1) is 11.3 Å². The van der Waals surface area contributed by atoms with E-state index < -0.39 is 0 Å². The minimum absolute atomic E-state index is 0.124. The Bertz CT molecular complexity index is 614. The Hall–Kier alpha value is -1.48. The zero-order chi connectivity index (χ0) is 14.3. The fraction of sp³-hybridized carbons (Fsp3) is 0.412. The Labute approximate surface area is 125 Å². The van der Waals surface area contributed by atoms with Crippen molar-refractivity contribution >= 4 is 22.7 Å². The van der Waals surface area contributed by atoms with Crippen LogP contribution in [0, 0.1) is 13.8 Å². The molecule has 20 heavy (non-hydrogen) atoms. The second kappa shape index (κ2) is 4.81. The summed E-state index contributed by atoms with van der Waals surface area (Å²) in [5, 5.41) is 5.75. The molecule has 1 N–H and O–H groups in total. The van der Waals surface area contributed by atoms with Crippen LogP contribution in [-0.4, -0.2) is 12.1 Å². The summed E-state index contributed by atoms with van der Waals surface area (Å²) >= 11 is 1.84. The molecule has 106 valence electrons. The molecule has 1 aromatic carbocycles. The molecule has 0 amide bonds. The number of nitrogens with one attached hydrogen (secondary N) is 1. The van der Waals surface area contributed by atoms with Crippen molar-refractivity contribution in [2.24, 2.45) is 0 Å². The third-order valence-electron chi connectivity index (χ3n) is 4.24. The van der Waals surface area contributed by atoms with Crippen molar-refractivity contribution in [1.29, 1.82) is 0 Å². The van der Waals surface area contributed by atoms with E-state index in [1.165, 1.54) is 27.4 Å². The number of fused-ring (bicyclic) bond motifs is 1. The van der Waals surface area contributed by atoms with Gasteiger partial charge < -0.3 is 10.2 Å². The Morgan fingerprint density at radius 2 is 2.00 bits per heavy atom. The van der Waals surface area contributed by atoms with Crippen molar-refractivity contribution in [2.45, 2.75) is 39.8 Å². The van der Waals surface area contributed by atoms with E-state index in [4.69, 9.17) is 0 Å². The largest absolute Gasteiger partial charge is 0.381 e. The molecule has 0 aliphatic carbocycles. The van der Waals surface area contributed by atoms with Crippen molar-refractivity contribution < 1.29 is 0 Å². The molecule has 2 aromatic rings. The van der Waals surface area contributed by atoms with Gasteiger partial charge in [0.05, 0.1) is 23.5 Å². The third kappa shape index (κ3) is 2.31. The Balaban J connectivity index is 2.04. The van der Waals surface area contributed by atoms with Gasteiger partial charge in [0.2, 0.25) is 0 Å². The minimum atomic E-state index is 0.124. The van der Waals surface area contributed by atoms with Crippen molar-refractivity contribution in [3.05, 3.63) is 45.6 Å². The summed E-state index contributed by atoms with van der Waals surface area (Å²) in [6.07, 6.45) is 0. The maximum absolute atomic E-state index is 3.59. The fourth-order valence-electron chi connectivity index (χ4n) is 2.76. The Morgan fingerprint density at radius 1 is 1.25 bits per heavy atom. The first-order valence-electron chi connectivity index (χ1n) is 7.12.